The second kappa shape index (κ2) is 6.35. The van der Waals surface area contributed by atoms with E-state index in [0.29, 0.717) is 31.0 Å². The summed E-state index contributed by atoms with van der Waals surface area (Å²) in [6.07, 6.45) is 1.04. The van der Waals surface area contributed by atoms with Gasteiger partial charge in [0.25, 0.3) is 0 Å². The van der Waals surface area contributed by atoms with Gasteiger partial charge in [-0.2, -0.15) is 0 Å². The van der Waals surface area contributed by atoms with Crippen LogP contribution in [0.25, 0.3) is 0 Å². The summed E-state index contributed by atoms with van der Waals surface area (Å²) in [6.45, 7) is 3.00. The highest BCUT2D eigenvalue weighted by molar-refractivity contribution is 6.30. The molecule has 1 heterocycles. The molecule has 2 N–H and O–H groups in total. The molecule has 21 heavy (non-hydrogen) atoms. The zero-order chi connectivity index (χ0) is 15.5. The van der Waals surface area contributed by atoms with Gasteiger partial charge in [0.15, 0.2) is 0 Å². The molecule has 1 atom stereocenters. The number of carboxylic acids is 1. The number of likely N-dealkylation sites (tertiary alicyclic amines) is 1. The summed E-state index contributed by atoms with van der Waals surface area (Å²) in [4.78, 5) is 25.0. The van der Waals surface area contributed by atoms with Crippen molar-refractivity contribution < 1.29 is 14.7 Å². The lowest BCUT2D eigenvalue weighted by atomic mass is 9.84. The molecule has 5 nitrogen and oxygen atoms in total. The number of carboxylic acid groups (broad SMARTS) is 1. The monoisotopic (exact) mass is 310 g/mol. The number of nitrogens with zero attached hydrogens (tertiary/aromatic N) is 1. The minimum atomic E-state index is -0.821. The number of amides is 2. The topological polar surface area (TPSA) is 69.6 Å². The van der Waals surface area contributed by atoms with Crippen LogP contribution in [0.5, 0.6) is 0 Å². The molecule has 1 fully saturated rings. The Morgan fingerprint density at radius 3 is 2.57 bits per heavy atom. The maximum absolute atomic E-state index is 12.1. The summed E-state index contributed by atoms with van der Waals surface area (Å²) >= 11 is 5.80. The molecule has 0 radical (unpaired) electrons. The minimum absolute atomic E-state index is 0.221. The first kappa shape index (κ1) is 15.6. The van der Waals surface area contributed by atoms with Gasteiger partial charge in [-0.25, -0.2) is 4.79 Å². The molecular formula is C15H19ClN2O3. The fourth-order valence-corrected chi connectivity index (χ4v) is 2.68. The van der Waals surface area contributed by atoms with Gasteiger partial charge in [-0.1, -0.05) is 30.7 Å². The molecule has 6 heteroatoms. The zero-order valence-electron chi connectivity index (χ0n) is 11.9. The number of hydrogen-bond acceptors (Lipinski definition) is 2. The van der Waals surface area contributed by atoms with Crippen LogP contribution in [0.3, 0.4) is 0 Å². The van der Waals surface area contributed by atoms with E-state index in [9.17, 15) is 14.7 Å². The van der Waals surface area contributed by atoms with Gasteiger partial charge in [0.05, 0.1) is 5.41 Å². The summed E-state index contributed by atoms with van der Waals surface area (Å²) < 4.78 is 0. The number of carbonyl (C=O) groups is 2. The van der Waals surface area contributed by atoms with Crippen LogP contribution in [-0.2, 0) is 11.3 Å². The maximum Gasteiger partial charge on any atom is 0.317 e. The van der Waals surface area contributed by atoms with Crippen molar-refractivity contribution in [3.05, 3.63) is 34.9 Å². The Bertz CT molecular complexity index is 532. The SMILES string of the molecule is CCC1(C(=O)O)CCN(C(=O)NCc2ccc(Cl)cc2)C1. The molecule has 0 spiro atoms. The van der Waals surface area contributed by atoms with Crippen LogP contribution in [0.15, 0.2) is 24.3 Å². The summed E-state index contributed by atoms with van der Waals surface area (Å²) in [7, 11) is 0. The summed E-state index contributed by atoms with van der Waals surface area (Å²) in [6, 6.07) is 7.01. The van der Waals surface area contributed by atoms with Crippen LogP contribution in [0.1, 0.15) is 25.3 Å². The molecule has 114 valence electrons. The van der Waals surface area contributed by atoms with Crippen molar-refractivity contribution >= 4 is 23.6 Å². The fourth-order valence-electron chi connectivity index (χ4n) is 2.55. The lowest BCUT2D eigenvalue weighted by Crippen LogP contribution is -2.41. The van der Waals surface area contributed by atoms with Crippen molar-refractivity contribution in [2.45, 2.75) is 26.3 Å². The molecule has 0 aromatic heterocycles. The number of rotatable bonds is 4. The van der Waals surface area contributed by atoms with Crippen LogP contribution in [0.4, 0.5) is 4.79 Å². The summed E-state index contributed by atoms with van der Waals surface area (Å²) in [5.74, 6) is -0.821. The van der Waals surface area contributed by atoms with Gasteiger partial charge in [0.2, 0.25) is 0 Å². The number of benzene rings is 1. The van der Waals surface area contributed by atoms with Crippen molar-refractivity contribution in [3.63, 3.8) is 0 Å². The Balaban J connectivity index is 1.90. The van der Waals surface area contributed by atoms with E-state index in [4.69, 9.17) is 11.6 Å². The third-order valence-corrected chi connectivity index (χ3v) is 4.38. The first-order chi connectivity index (χ1) is 9.97. The van der Waals surface area contributed by atoms with E-state index in [1.807, 2.05) is 19.1 Å². The van der Waals surface area contributed by atoms with Crippen molar-refractivity contribution in [1.29, 1.82) is 0 Å². The van der Waals surface area contributed by atoms with Crippen LogP contribution in [0, 0.1) is 5.41 Å². The van der Waals surface area contributed by atoms with Crippen LogP contribution >= 0.6 is 11.6 Å². The van der Waals surface area contributed by atoms with E-state index in [-0.39, 0.29) is 12.6 Å². The molecule has 0 bridgehead atoms. The van der Waals surface area contributed by atoms with Crippen molar-refractivity contribution in [2.24, 2.45) is 5.41 Å². The van der Waals surface area contributed by atoms with Gasteiger partial charge in [-0.05, 0) is 30.5 Å². The molecule has 1 unspecified atom stereocenters. The highest BCUT2D eigenvalue weighted by Gasteiger charge is 2.44. The standard InChI is InChI=1S/C15H19ClN2O3/c1-2-15(13(19)20)7-8-18(10-15)14(21)17-9-11-3-5-12(16)6-4-11/h3-6H,2,7-10H2,1H3,(H,17,21)(H,19,20). The minimum Gasteiger partial charge on any atom is -0.481 e. The molecule has 1 aromatic carbocycles. The Labute approximate surface area is 128 Å². The van der Waals surface area contributed by atoms with E-state index in [2.05, 4.69) is 5.32 Å². The highest BCUT2D eigenvalue weighted by atomic mass is 35.5. The summed E-state index contributed by atoms with van der Waals surface area (Å²) in [5, 5.41) is 12.8. The number of carbonyl (C=O) groups excluding carboxylic acids is 1. The van der Waals surface area contributed by atoms with Gasteiger partial charge in [-0.15, -0.1) is 0 Å². The molecule has 1 aliphatic heterocycles. The van der Waals surface area contributed by atoms with Gasteiger partial charge in [0.1, 0.15) is 0 Å². The van der Waals surface area contributed by atoms with Crippen LogP contribution in [-0.4, -0.2) is 35.1 Å². The molecule has 0 saturated carbocycles. The highest BCUT2D eigenvalue weighted by Crippen LogP contribution is 2.34. The zero-order valence-corrected chi connectivity index (χ0v) is 12.7. The number of urea groups is 1. The predicted octanol–water partition coefficient (Wildman–Crippen LogP) is 2.74. The number of aliphatic carboxylic acids is 1. The van der Waals surface area contributed by atoms with Gasteiger partial charge >= 0.3 is 12.0 Å². The van der Waals surface area contributed by atoms with Crippen molar-refractivity contribution in [1.82, 2.24) is 10.2 Å². The van der Waals surface area contributed by atoms with Crippen molar-refractivity contribution in [2.75, 3.05) is 13.1 Å². The average Bonchev–Trinajstić information content (AvgIpc) is 2.92. The Morgan fingerprint density at radius 2 is 2.05 bits per heavy atom. The Hall–Kier alpha value is -1.75. The largest absolute Gasteiger partial charge is 0.481 e. The lowest BCUT2D eigenvalue weighted by Gasteiger charge is -2.23. The molecule has 1 aliphatic rings. The van der Waals surface area contributed by atoms with Gasteiger partial charge < -0.3 is 15.3 Å². The Morgan fingerprint density at radius 1 is 1.38 bits per heavy atom. The maximum atomic E-state index is 12.1. The fraction of sp³-hybridized carbons (Fsp3) is 0.467. The van der Waals surface area contributed by atoms with E-state index in [1.54, 1.807) is 17.0 Å². The first-order valence-corrected chi connectivity index (χ1v) is 7.35. The normalized spacial score (nSPS) is 21.3. The number of nitrogens with one attached hydrogen (secondary N) is 1. The van der Waals surface area contributed by atoms with E-state index in [1.165, 1.54) is 0 Å². The van der Waals surface area contributed by atoms with Crippen molar-refractivity contribution in [3.8, 4) is 0 Å². The quantitative estimate of drug-likeness (QED) is 0.898. The van der Waals surface area contributed by atoms with E-state index < -0.39 is 11.4 Å². The smallest absolute Gasteiger partial charge is 0.317 e. The third-order valence-electron chi connectivity index (χ3n) is 4.13. The Kier molecular flexibility index (Phi) is 4.73. The first-order valence-electron chi connectivity index (χ1n) is 6.97. The van der Waals surface area contributed by atoms with Crippen LogP contribution in [0.2, 0.25) is 5.02 Å². The average molecular weight is 311 g/mol. The molecular weight excluding hydrogens is 292 g/mol. The van der Waals surface area contributed by atoms with Gasteiger partial charge in [0, 0.05) is 24.7 Å². The molecule has 1 aromatic rings. The van der Waals surface area contributed by atoms with Gasteiger partial charge in [-0.3, -0.25) is 4.79 Å². The predicted molar refractivity (Wildman–Crippen MR) is 80.2 cm³/mol. The second-order valence-corrected chi connectivity index (χ2v) is 5.83. The van der Waals surface area contributed by atoms with E-state index in [0.717, 1.165) is 5.56 Å². The molecule has 2 amide bonds. The molecule has 0 aliphatic carbocycles. The second-order valence-electron chi connectivity index (χ2n) is 5.40. The van der Waals surface area contributed by atoms with Crippen LogP contribution < -0.4 is 5.32 Å². The summed E-state index contributed by atoms with van der Waals surface area (Å²) in [5.41, 5.74) is 0.157. The third kappa shape index (κ3) is 3.47. The number of halogens is 1. The number of hydrogen-bond donors (Lipinski definition) is 2. The molecule has 2 rings (SSSR count). The van der Waals surface area contributed by atoms with E-state index >= 15 is 0 Å². The molecule has 1 saturated heterocycles. The lowest BCUT2D eigenvalue weighted by molar-refractivity contribution is -0.148.